The van der Waals surface area contributed by atoms with Crippen molar-refractivity contribution in [3.63, 3.8) is 0 Å². The fourth-order valence-corrected chi connectivity index (χ4v) is 2.77. The SMILES string of the molecule is COCCS(C)(=O)=Nc1ccc(-c2noc(C(F)(F)F)n2)cc1. The van der Waals surface area contributed by atoms with E-state index in [4.69, 9.17) is 4.74 Å². The first-order valence-corrected chi connectivity index (χ1v) is 8.50. The molecule has 0 aliphatic carbocycles. The summed E-state index contributed by atoms with van der Waals surface area (Å²) in [6.07, 6.45) is -3.18. The zero-order valence-corrected chi connectivity index (χ0v) is 13.1. The second-order valence-electron chi connectivity index (χ2n) is 4.72. The van der Waals surface area contributed by atoms with Gasteiger partial charge in [-0.25, -0.2) is 4.21 Å². The summed E-state index contributed by atoms with van der Waals surface area (Å²) >= 11 is 0. The summed E-state index contributed by atoms with van der Waals surface area (Å²) in [5, 5.41) is 3.29. The Morgan fingerprint density at radius 1 is 1.30 bits per heavy atom. The van der Waals surface area contributed by atoms with Crippen LogP contribution in [-0.2, 0) is 20.6 Å². The molecule has 0 aliphatic rings. The number of ether oxygens (including phenoxy) is 1. The van der Waals surface area contributed by atoms with Crippen molar-refractivity contribution < 1.29 is 26.6 Å². The summed E-state index contributed by atoms with van der Waals surface area (Å²) in [5.74, 6) is -1.30. The molecule has 0 amide bonds. The van der Waals surface area contributed by atoms with Crippen LogP contribution in [0.2, 0.25) is 0 Å². The molecular weight excluding hydrogens is 335 g/mol. The van der Waals surface area contributed by atoms with Crippen LogP contribution in [0.5, 0.6) is 0 Å². The van der Waals surface area contributed by atoms with E-state index in [9.17, 15) is 17.4 Å². The van der Waals surface area contributed by atoms with Crippen molar-refractivity contribution in [3.8, 4) is 11.4 Å². The van der Waals surface area contributed by atoms with Gasteiger partial charge in [0.15, 0.2) is 0 Å². The van der Waals surface area contributed by atoms with E-state index in [2.05, 4.69) is 19.0 Å². The largest absolute Gasteiger partial charge is 0.471 e. The van der Waals surface area contributed by atoms with Gasteiger partial charge in [-0.15, -0.1) is 0 Å². The van der Waals surface area contributed by atoms with E-state index in [1.165, 1.54) is 37.6 Å². The molecular formula is C13H14F3N3O3S. The first-order chi connectivity index (χ1) is 10.7. The molecule has 23 heavy (non-hydrogen) atoms. The lowest BCUT2D eigenvalue weighted by atomic mass is 10.2. The maximum atomic E-state index is 12.4. The quantitative estimate of drug-likeness (QED) is 0.829. The minimum absolute atomic E-state index is 0.180. The van der Waals surface area contributed by atoms with Gasteiger partial charge < -0.3 is 9.26 Å². The number of rotatable bonds is 5. The second kappa shape index (κ2) is 6.67. The molecule has 0 saturated heterocycles. The third kappa shape index (κ3) is 4.76. The van der Waals surface area contributed by atoms with Gasteiger partial charge in [0, 0.05) is 18.9 Å². The van der Waals surface area contributed by atoms with E-state index in [0.717, 1.165) is 0 Å². The molecule has 0 saturated carbocycles. The highest BCUT2D eigenvalue weighted by molar-refractivity contribution is 7.93. The zero-order valence-electron chi connectivity index (χ0n) is 12.3. The summed E-state index contributed by atoms with van der Waals surface area (Å²) in [6.45, 7) is 0.319. The third-order valence-electron chi connectivity index (χ3n) is 2.76. The fraction of sp³-hybridized carbons (Fsp3) is 0.385. The van der Waals surface area contributed by atoms with Gasteiger partial charge in [-0.2, -0.15) is 22.5 Å². The first kappa shape index (κ1) is 17.4. The highest BCUT2D eigenvalue weighted by Crippen LogP contribution is 2.29. The standard InChI is InChI=1S/C13H14F3N3O3S/c1-21-7-8-23(2,20)19-10-5-3-9(4-6-10)11-17-12(22-18-11)13(14,15)16/h3-6H,7-8H2,1-2H3. The van der Waals surface area contributed by atoms with Crippen molar-refractivity contribution in [2.75, 3.05) is 25.7 Å². The summed E-state index contributed by atoms with van der Waals surface area (Å²) < 4.78 is 62.6. The van der Waals surface area contributed by atoms with Crippen LogP contribution < -0.4 is 0 Å². The third-order valence-corrected chi connectivity index (χ3v) is 4.28. The smallest absolute Gasteiger partial charge is 0.384 e. The van der Waals surface area contributed by atoms with Crippen LogP contribution in [0.3, 0.4) is 0 Å². The molecule has 1 heterocycles. The van der Waals surface area contributed by atoms with Crippen LogP contribution in [-0.4, -0.2) is 40.1 Å². The Morgan fingerprint density at radius 2 is 1.96 bits per heavy atom. The minimum atomic E-state index is -4.68. The topological polar surface area (TPSA) is 77.6 Å². The normalized spacial score (nSPS) is 14.5. The number of nitrogens with zero attached hydrogens (tertiary/aromatic N) is 3. The molecule has 1 aromatic carbocycles. The lowest BCUT2D eigenvalue weighted by Crippen LogP contribution is -2.08. The van der Waals surface area contributed by atoms with E-state index in [0.29, 0.717) is 17.9 Å². The van der Waals surface area contributed by atoms with Gasteiger partial charge in [-0.1, -0.05) is 5.16 Å². The predicted molar refractivity (Wildman–Crippen MR) is 77.6 cm³/mol. The van der Waals surface area contributed by atoms with Crippen LogP contribution in [0.15, 0.2) is 33.2 Å². The molecule has 0 aliphatic heterocycles. The molecule has 6 nitrogen and oxygen atoms in total. The monoisotopic (exact) mass is 349 g/mol. The number of halogens is 3. The van der Waals surface area contributed by atoms with Gasteiger partial charge >= 0.3 is 12.1 Å². The highest BCUT2D eigenvalue weighted by Gasteiger charge is 2.38. The Balaban J connectivity index is 2.21. The van der Waals surface area contributed by atoms with Crippen LogP contribution in [0, 0.1) is 0 Å². The number of aromatic nitrogens is 2. The number of benzene rings is 1. The van der Waals surface area contributed by atoms with Crippen molar-refractivity contribution in [2.45, 2.75) is 6.18 Å². The van der Waals surface area contributed by atoms with Crippen LogP contribution in [0.4, 0.5) is 18.9 Å². The Labute approximate surface area is 130 Å². The van der Waals surface area contributed by atoms with E-state index in [1.54, 1.807) is 0 Å². The fourth-order valence-electron chi connectivity index (χ4n) is 1.63. The van der Waals surface area contributed by atoms with Crippen molar-refractivity contribution >= 4 is 15.4 Å². The molecule has 0 spiro atoms. The Hall–Kier alpha value is -1.94. The number of methoxy groups -OCH3 is 1. The predicted octanol–water partition coefficient (Wildman–Crippen LogP) is 3.13. The average Bonchev–Trinajstić information content (AvgIpc) is 2.95. The Morgan fingerprint density at radius 3 is 2.48 bits per heavy atom. The van der Waals surface area contributed by atoms with Crippen molar-refractivity contribution in [3.05, 3.63) is 30.2 Å². The van der Waals surface area contributed by atoms with Crippen LogP contribution in [0.1, 0.15) is 5.89 Å². The summed E-state index contributed by atoms with van der Waals surface area (Å²) in [5.41, 5.74) is 0.777. The number of alkyl halides is 3. The van der Waals surface area contributed by atoms with E-state index >= 15 is 0 Å². The first-order valence-electron chi connectivity index (χ1n) is 6.41. The van der Waals surface area contributed by atoms with Gasteiger partial charge in [0.05, 0.1) is 27.8 Å². The molecule has 1 unspecified atom stereocenters. The number of hydrogen-bond donors (Lipinski definition) is 0. The van der Waals surface area contributed by atoms with Gasteiger partial charge in [-0.05, 0) is 24.3 Å². The van der Waals surface area contributed by atoms with Gasteiger partial charge in [0.1, 0.15) is 0 Å². The molecule has 2 rings (SSSR count). The van der Waals surface area contributed by atoms with Gasteiger partial charge in [0.25, 0.3) is 0 Å². The zero-order chi connectivity index (χ0) is 17.1. The van der Waals surface area contributed by atoms with Crippen molar-refractivity contribution in [2.24, 2.45) is 4.36 Å². The molecule has 0 bridgehead atoms. The molecule has 0 radical (unpaired) electrons. The highest BCUT2D eigenvalue weighted by atomic mass is 32.2. The minimum Gasteiger partial charge on any atom is -0.384 e. The second-order valence-corrected chi connectivity index (χ2v) is 7.23. The van der Waals surface area contributed by atoms with E-state index < -0.39 is 21.8 Å². The van der Waals surface area contributed by atoms with Gasteiger partial charge in [0.2, 0.25) is 5.82 Å². The summed E-state index contributed by atoms with van der Waals surface area (Å²) in [4.78, 5) is 3.29. The van der Waals surface area contributed by atoms with E-state index in [-0.39, 0.29) is 11.6 Å². The molecule has 1 aromatic heterocycles. The molecule has 0 fully saturated rings. The Kier molecular flexibility index (Phi) is 5.05. The molecule has 2 aromatic rings. The van der Waals surface area contributed by atoms with E-state index in [1.807, 2.05) is 0 Å². The summed E-state index contributed by atoms with van der Waals surface area (Å²) in [7, 11) is -0.934. The molecule has 126 valence electrons. The maximum Gasteiger partial charge on any atom is 0.471 e. The molecule has 1 atom stereocenters. The molecule has 0 N–H and O–H groups in total. The van der Waals surface area contributed by atoms with Gasteiger partial charge in [-0.3, -0.25) is 0 Å². The molecule has 10 heteroatoms. The van der Waals surface area contributed by atoms with Crippen LogP contribution >= 0.6 is 0 Å². The Bertz CT molecular complexity index is 778. The lowest BCUT2D eigenvalue weighted by molar-refractivity contribution is -0.159. The number of hydrogen-bond acceptors (Lipinski definition) is 6. The van der Waals surface area contributed by atoms with Crippen molar-refractivity contribution in [1.82, 2.24) is 10.1 Å². The lowest BCUT2D eigenvalue weighted by Gasteiger charge is -2.03. The average molecular weight is 349 g/mol. The summed E-state index contributed by atoms with van der Waals surface area (Å²) in [6, 6.07) is 6.01. The van der Waals surface area contributed by atoms with Crippen molar-refractivity contribution in [1.29, 1.82) is 0 Å². The van der Waals surface area contributed by atoms with Crippen LogP contribution in [0.25, 0.3) is 11.4 Å². The maximum absolute atomic E-state index is 12.4.